The molecule has 2 nitrogen and oxygen atoms in total. The maximum Gasteiger partial charge on any atom is 0.186 e. The van der Waals surface area contributed by atoms with Gasteiger partial charge >= 0.3 is 0 Å². The van der Waals surface area contributed by atoms with Crippen LogP contribution in [0.25, 0.3) is 10.8 Å². The molecule has 0 spiro atoms. The van der Waals surface area contributed by atoms with E-state index in [0.29, 0.717) is 10.8 Å². The standard InChI is InChI=1S/C18H22O2S/c19-21(20)16-12-11-15-9-6-10-17(18(15)13-16)14-7-4-2-1-3-5-8-14/h6,9-14H,1-5,7-8H2,(H,19,20). The van der Waals surface area contributed by atoms with Gasteiger partial charge in [-0.05, 0) is 47.2 Å². The van der Waals surface area contributed by atoms with Crippen LogP contribution in [0.1, 0.15) is 56.4 Å². The van der Waals surface area contributed by atoms with Crippen LogP contribution in [0.3, 0.4) is 0 Å². The van der Waals surface area contributed by atoms with Crippen LogP contribution in [0.5, 0.6) is 0 Å². The molecular weight excluding hydrogens is 280 g/mol. The average molecular weight is 302 g/mol. The zero-order valence-corrected chi connectivity index (χ0v) is 13.1. The Morgan fingerprint density at radius 2 is 1.67 bits per heavy atom. The fourth-order valence-corrected chi connectivity index (χ4v) is 3.91. The van der Waals surface area contributed by atoms with Gasteiger partial charge < -0.3 is 4.55 Å². The van der Waals surface area contributed by atoms with Gasteiger partial charge in [-0.15, -0.1) is 0 Å². The van der Waals surface area contributed by atoms with Gasteiger partial charge in [0.2, 0.25) is 0 Å². The maximum absolute atomic E-state index is 11.3. The van der Waals surface area contributed by atoms with Gasteiger partial charge in [0.05, 0.1) is 4.90 Å². The van der Waals surface area contributed by atoms with Gasteiger partial charge in [0.1, 0.15) is 0 Å². The summed E-state index contributed by atoms with van der Waals surface area (Å²) in [6.45, 7) is 0. The van der Waals surface area contributed by atoms with Crippen molar-refractivity contribution in [1.29, 1.82) is 0 Å². The first-order valence-corrected chi connectivity index (χ1v) is 9.00. The van der Waals surface area contributed by atoms with Crippen molar-refractivity contribution in [2.75, 3.05) is 0 Å². The van der Waals surface area contributed by atoms with Crippen molar-refractivity contribution >= 4 is 21.9 Å². The van der Waals surface area contributed by atoms with Crippen LogP contribution in [0.15, 0.2) is 41.3 Å². The molecule has 21 heavy (non-hydrogen) atoms. The zero-order chi connectivity index (χ0) is 14.7. The van der Waals surface area contributed by atoms with Crippen molar-refractivity contribution in [2.24, 2.45) is 0 Å². The van der Waals surface area contributed by atoms with Crippen molar-refractivity contribution in [3.63, 3.8) is 0 Å². The maximum atomic E-state index is 11.3. The van der Waals surface area contributed by atoms with E-state index in [1.165, 1.54) is 55.9 Å². The summed E-state index contributed by atoms with van der Waals surface area (Å²) in [7, 11) is 0. The highest BCUT2D eigenvalue weighted by molar-refractivity contribution is 7.79. The molecule has 0 aliphatic heterocycles. The van der Waals surface area contributed by atoms with Gasteiger partial charge in [-0.25, -0.2) is 4.21 Å². The van der Waals surface area contributed by atoms with Crippen LogP contribution in [-0.4, -0.2) is 8.76 Å². The second kappa shape index (κ2) is 6.71. The first-order valence-electron chi connectivity index (χ1n) is 7.89. The normalized spacial score (nSPS) is 19.1. The Kier molecular flexibility index (Phi) is 4.71. The summed E-state index contributed by atoms with van der Waals surface area (Å²) in [6, 6.07) is 12.0. The summed E-state index contributed by atoms with van der Waals surface area (Å²) in [5.41, 5.74) is 1.36. The Bertz CT molecular complexity index is 643. The number of hydrogen-bond acceptors (Lipinski definition) is 1. The summed E-state index contributed by atoms with van der Waals surface area (Å²) in [5.74, 6) is 0.594. The Balaban J connectivity index is 2.03. The minimum absolute atomic E-state index is 0.501. The smallest absolute Gasteiger partial charge is 0.186 e. The molecule has 3 heteroatoms. The molecule has 0 radical (unpaired) electrons. The second-order valence-corrected chi connectivity index (χ2v) is 6.99. The van der Waals surface area contributed by atoms with E-state index in [-0.39, 0.29) is 0 Å². The van der Waals surface area contributed by atoms with Crippen molar-refractivity contribution in [3.8, 4) is 0 Å². The lowest BCUT2D eigenvalue weighted by Gasteiger charge is -2.21. The largest absolute Gasteiger partial charge is 0.302 e. The highest BCUT2D eigenvalue weighted by Gasteiger charge is 2.16. The minimum Gasteiger partial charge on any atom is -0.302 e. The number of fused-ring (bicyclic) bond motifs is 1. The topological polar surface area (TPSA) is 37.3 Å². The first-order chi connectivity index (χ1) is 10.3. The third-order valence-corrected chi connectivity index (χ3v) is 5.29. The molecule has 1 fully saturated rings. The van der Waals surface area contributed by atoms with Crippen LogP contribution in [0.4, 0.5) is 0 Å². The second-order valence-electron chi connectivity index (χ2n) is 6.02. The van der Waals surface area contributed by atoms with E-state index in [1.807, 2.05) is 12.1 Å². The quantitative estimate of drug-likeness (QED) is 0.769. The molecular formula is C18H22O2S. The number of hydrogen-bond donors (Lipinski definition) is 1. The molecule has 2 aromatic rings. The van der Waals surface area contributed by atoms with Crippen LogP contribution in [-0.2, 0) is 11.1 Å². The van der Waals surface area contributed by atoms with Crippen molar-refractivity contribution in [2.45, 2.75) is 55.8 Å². The molecule has 1 N–H and O–H groups in total. The zero-order valence-electron chi connectivity index (χ0n) is 12.3. The molecule has 1 unspecified atom stereocenters. The highest BCUT2D eigenvalue weighted by Crippen LogP contribution is 2.35. The molecule has 3 rings (SSSR count). The molecule has 0 bridgehead atoms. The number of benzene rings is 2. The monoisotopic (exact) mass is 302 g/mol. The van der Waals surface area contributed by atoms with E-state index in [2.05, 4.69) is 18.2 Å². The SMILES string of the molecule is O=S(O)c1ccc2cccc(C3CCCCCCC3)c2c1. The van der Waals surface area contributed by atoms with E-state index < -0.39 is 11.1 Å². The average Bonchev–Trinajstić information content (AvgIpc) is 2.46. The van der Waals surface area contributed by atoms with Gasteiger partial charge in [-0.3, -0.25) is 0 Å². The van der Waals surface area contributed by atoms with Crippen LogP contribution in [0.2, 0.25) is 0 Å². The molecule has 1 atom stereocenters. The Hall–Kier alpha value is -1.19. The third-order valence-electron chi connectivity index (χ3n) is 4.63. The lowest BCUT2D eigenvalue weighted by molar-refractivity contribution is 0.457. The lowest BCUT2D eigenvalue weighted by atomic mass is 9.84. The van der Waals surface area contributed by atoms with Gasteiger partial charge in [0.15, 0.2) is 11.1 Å². The molecule has 0 saturated heterocycles. The fourth-order valence-electron chi connectivity index (χ4n) is 3.51. The predicted octanol–water partition coefficient (Wildman–Crippen LogP) is 5.25. The lowest BCUT2D eigenvalue weighted by Crippen LogP contribution is -2.03. The van der Waals surface area contributed by atoms with E-state index in [9.17, 15) is 8.76 Å². The van der Waals surface area contributed by atoms with Crippen molar-refractivity contribution in [3.05, 3.63) is 42.0 Å². The molecule has 1 aliphatic rings. The summed E-state index contributed by atoms with van der Waals surface area (Å²) < 4.78 is 20.7. The minimum atomic E-state index is -1.90. The van der Waals surface area contributed by atoms with E-state index in [4.69, 9.17) is 0 Å². The molecule has 1 aliphatic carbocycles. The van der Waals surface area contributed by atoms with E-state index >= 15 is 0 Å². The summed E-state index contributed by atoms with van der Waals surface area (Å²) >= 11 is -1.90. The van der Waals surface area contributed by atoms with Crippen LogP contribution >= 0.6 is 0 Å². The Labute approximate surface area is 128 Å². The van der Waals surface area contributed by atoms with Crippen LogP contribution < -0.4 is 0 Å². The molecule has 2 aromatic carbocycles. The molecule has 0 aromatic heterocycles. The third kappa shape index (κ3) is 3.35. The Morgan fingerprint density at radius 1 is 0.952 bits per heavy atom. The summed E-state index contributed by atoms with van der Waals surface area (Å²) in [4.78, 5) is 0.501. The van der Waals surface area contributed by atoms with Crippen LogP contribution in [0, 0.1) is 0 Å². The molecule has 0 heterocycles. The van der Waals surface area contributed by atoms with Gasteiger partial charge in [-0.2, -0.15) is 0 Å². The summed E-state index contributed by atoms with van der Waals surface area (Å²) in [6.07, 6.45) is 9.13. The van der Waals surface area contributed by atoms with E-state index in [0.717, 1.165) is 5.39 Å². The number of rotatable bonds is 2. The molecule has 112 valence electrons. The summed E-state index contributed by atoms with van der Waals surface area (Å²) in [5, 5.41) is 2.33. The fraction of sp³-hybridized carbons (Fsp3) is 0.444. The van der Waals surface area contributed by atoms with Gasteiger partial charge in [0.25, 0.3) is 0 Å². The van der Waals surface area contributed by atoms with Gasteiger partial charge in [0, 0.05) is 0 Å². The Morgan fingerprint density at radius 3 is 2.38 bits per heavy atom. The first kappa shape index (κ1) is 14.7. The van der Waals surface area contributed by atoms with Crippen molar-refractivity contribution in [1.82, 2.24) is 0 Å². The molecule has 1 saturated carbocycles. The highest BCUT2D eigenvalue weighted by atomic mass is 32.2. The van der Waals surface area contributed by atoms with E-state index in [1.54, 1.807) is 6.07 Å². The van der Waals surface area contributed by atoms with Crippen molar-refractivity contribution < 1.29 is 8.76 Å². The predicted molar refractivity (Wildman–Crippen MR) is 88.0 cm³/mol. The molecule has 0 amide bonds. The van der Waals surface area contributed by atoms with Gasteiger partial charge in [-0.1, -0.05) is 56.4 Å².